The van der Waals surface area contributed by atoms with Gasteiger partial charge in [0.15, 0.2) is 0 Å². The first kappa shape index (κ1) is 19.0. The number of hydrogen-bond donors (Lipinski definition) is 1. The van der Waals surface area contributed by atoms with E-state index in [-0.39, 0.29) is 5.82 Å². The van der Waals surface area contributed by atoms with Gasteiger partial charge < -0.3 is 15.1 Å². The first-order valence-electron chi connectivity index (χ1n) is 10.5. The van der Waals surface area contributed by atoms with Gasteiger partial charge in [-0.25, -0.2) is 9.37 Å². The summed E-state index contributed by atoms with van der Waals surface area (Å²) in [7, 11) is 0. The van der Waals surface area contributed by atoms with Crippen LogP contribution in [0.15, 0.2) is 30.3 Å². The molecule has 0 radical (unpaired) electrons. The lowest BCUT2D eigenvalue weighted by molar-refractivity contribution is 0.614. The molecule has 4 rings (SSSR count). The topological polar surface area (TPSA) is 44.3 Å². The van der Waals surface area contributed by atoms with Crippen LogP contribution in [0.3, 0.4) is 0 Å². The van der Waals surface area contributed by atoms with E-state index in [0.29, 0.717) is 6.04 Å². The second-order valence-corrected chi connectivity index (χ2v) is 7.98. The summed E-state index contributed by atoms with van der Waals surface area (Å²) < 4.78 is 13.2. The van der Waals surface area contributed by atoms with Crippen LogP contribution in [0.2, 0.25) is 0 Å². The summed E-state index contributed by atoms with van der Waals surface area (Å²) >= 11 is 0. The number of benzene rings is 1. The predicted octanol–water partition coefficient (Wildman–Crippen LogP) is 4.39. The molecule has 0 amide bonds. The molecule has 2 aromatic rings. The van der Waals surface area contributed by atoms with E-state index in [1.165, 1.54) is 50.7 Å². The minimum atomic E-state index is -0.191. The number of rotatable bonds is 4. The number of hydrogen-bond acceptors (Lipinski definition) is 5. The van der Waals surface area contributed by atoms with Crippen molar-refractivity contribution in [2.24, 2.45) is 0 Å². The van der Waals surface area contributed by atoms with E-state index in [9.17, 15) is 4.39 Å². The highest BCUT2D eigenvalue weighted by Gasteiger charge is 2.21. The Bertz CT molecular complexity index is 763. The molecule has 1 aromatic heterocycles. The smallest absolute Gasteiger partial charge is 0.227 e. The van der Waals surface area contributed by atoms with Gasteiger partial charge in [0.05, 0.1) is 0 Å². The maximum atomic E-state index is 13.2. The van der Waals surface area contributed by atoms with Gasteiger partial charge in [0.1, 0.15) is 11.6 Å². The highest BCUT2D eigenvalue weighted by atomic mass is 19.1. The van der Waals surface area contributed by atoms with Crippen molar-refractivity contribution in [2.45, 2.75) is 51.5 Å². The van der Waals surface area contributed by atoms with Crippen molar-refractivity contribution in [3.05, 3.63) is 41.8 Å². The lowest BCUT2D eigenvalue weighted by Gasteiger charge is -2.36. The van der Waals surface area contributed by atoms with Crippen LogP contribution in [0.25, 0.3) is 0 Å². The fourth-order valence-corrected chi connectivity index (χ4v) is 4.22. The number of halogens is 1. The molecule has 1 aromatic carbocycles. The van der Waals surface area contributed by atoms with Crippen LogP contribution in [-0.2, 0) is 0 Å². The molecule has 1 aliphatic heterocycles. The summed E-state index contributed by atoms with van der Waals surface area (Å²) in [6, 6.07) is 9.34. The molecule has 1 N–H and O–H groups in total. The van der Waals surface area contributed by atoms with E-state index in [1.807, 2.05) is 19.1 Å². The molecule has 0 atom stereocenters. The predicted molar refractivity (Wildman–Crippen MR) is 113 cm³/mol. The molecular formula is C22H30FN5. The molecule has 0 spiro atoms. The van der Waals surface area contributed by atoms with Gasteiger partial charge in [-0.2, -0.15) is 4.98 Å². The Morgan fingerprint density at radius 1 is 0.893 bits per heavy atom. The van der Waals surface area contributed by atoms with E-state index in [0.717, 1.165) is 49.3 Å². The summed E-state index contributed by atoms with van der Waals surface area (Å²) in [5.74, 6) is 1.58. The number of aromatic nitrogens is 2. The SMILES string of the molecule is Cc1cc(NC2CCCCCC2)nc(N2CCN(c3ccc(F)cc3)CC2)n1. The minimum absolute atomic E-state index is 0.191. The lowest BCUT2D eigenvalue weighted by atomic mass is 10.1. The molecule has 5 nitrogen and oxygen atoms in total. The summed E-state index contributed by atoms with van der Waals surface area (Å²) in [6.45, 7) is 5.54. The Balaban J connectivity index is 1.40. The van der Waals surface area contributed by atoms with Crippen molar-refractivity contribution in [3.8, 4) is 0 Å². The van der Waals surface area contributed by atoms with Gasteiger partial charge >= 0.3 is 0 Å². The van der Waals surface area contributed by atoms with Crippen LogP contribution in [0.1, 0.15) is 44.2 Å². The van der Waals surface area contributed by atoms with E-state index >= 15 is 0 Å². The Kier molecular flexibility index (Phi) is 5.93. The maximum Gasteiger partial charge on any atom is 0.227 e. The molecule has 6 heteroatoms. The second-order valence-electron chi connectivity index (χ2n) is 7.98. The number of nitrogens with zero attached hydrogens (tertiary/aromatic N) is 4. The third-order valence-electron chi connectivity index (χ3n) is 5.80. The quantitative estimate of drug-likeness (QED) is 0.794. The van der Waals surface area contributed by atoms with Crippen LogP contribution in [0.4, 0.5) is 21.8 Å². The van der Waals surface area contributed by atoms with Crippen LogP contribution in [0, 0.1) is 12.7 Å². The molecule has 150 valence electrons. The lowest BCUT2D eigenvalue weighted by Crippen LogP contribution is -2.47. The number of anilines is 3. The molecule has 28 heavy (non-hydrogen) atoms. The summed E-state index contributed by atoms with van der Waals surface area (Å²) in [5.41, 5.74) is 2.07. The monoisotopic (exact) mass is 383 g/mol. The Morgan fingerprint density at radius 2 is 1.54 bits per heavy atom. The van der Waals surface area contributed by atoms with E-state index in [1.54, 1.807) is 0 Å². The van der Waals surface area contributed by atoms with Gasteiger partial charge in [-0.05, 0) is 44.0 Å². The average molecular weight is 384 g/mol. The molecule has 2 heterocycles. The van der Waals surface area contributed by atoms with Crippen LogP contribution >= 0.6 is 0 Å². The molecular weight excluding hydrogens is 353 g/mol. The molecule has 0 unspecified atom stereocenters. The minimum Gasteiger partial charge on any atom is -0.368 e. The Hall–Kier alpha value is -2.37. The van der Waals surface area contributed by atoms with E-state index in [2.05, 4.69) is 26.2 Å². The van der Waals surface area contributed by atoms with Crippen LogP contribution in [-0.4, -0.2) is 42.2 Å². The standard InChI is InChI=1S/C22H30FN5/c1-17-16-21(25-19-6-4-2-3-5-7-19)26-22(24-17)28-14-12-27(13-15-28)20-10-8-18(23)9-11-20/h8-11,16,19H,2-7,12-15H2,1H3,(H,24,25,26). The van der Waals surface area contributed by atoms with Crippen molar-refractivity contribution >= 4 is 17.5 Å². The number of piperazine rings is 1. The van der Waals surface area contributed by atoms with Crippen molar-refractivity contribution < 1.29 is 4.39 Å². The highest BCUT2D eigenvalue weighted by molar-refractivity contribution is 5.50. The van der Waals surface area contributed by atoms with Crippen molar-refractivity contribution in [3.63, 3.8) is 0 Å². The zero-order valence-electron chi connectivity index (χ0n) is 16.7. The van der Waals surface area contributed by atoms with Crippen LogP contribution < -0.4 is 15.1 Å². The van der Waals surface area contributed by atoms with Gasteiger partial charge in [0.2, 0.25) is 5.95 Å². The van der Waals surface area contributed by atoms with Gasteiger partial charge in [-0.1, -0.05) is 25.7 Å². The second kappa shape index (κ2) is 8.76. The summed E-state index contributed by atoms with van der Waals surface area (Å²) in [5, 5.41) is 3.66. The third kappa shape index (κ3) is 4.72. The zero-order valence-corrected chi connectivity index (χ0v) is 16.7. The van der Waals surface area contributed by atoms with Crippen molar-refractivity contribution in [1.29, 1.82) is 0 Å². The van der Waals surface area contributed by atoms with Crippen LogP contribution in [0.5, 0.6) is 0 Å². The first-order valence-corrected chi connectivity index (χ1v) is 10.5. The largest absolute Gasteiger partial charge is 0.368 e. The summed E-state index contributed by atoms with van der Waals surface area (Å²) in [4.78, 5) is 14.1. The average Bonchev–Trinajstić information content (AvgIpc) is 2.97. The van der Waals surface area contributed by atoms with Gasteiger partial charge in [-0.15, -0.1) is 0 Å². The molecule has 1 saturated heterocycles. The highest BCUT2D eigenvalue weighted by Crippen LogP contribution is 2.23. The normalized spacial score (nSPS) is 18.8. The van der Waals surface area contributed by atoms with E-state index in [4.69, 9.17) is 4.98 Å². The summed E-state index contributed by atoms with van der Waals surface area (Å²) in [6.07, 6.45) is 7.78. The first-order chi connectivity index (χ1) is 13.7. The Morgan fingerprint density at radius 3 is 2.21 bits per heavy atom. The van der Waals surface area contributed by atoms with Gasteiger partial charge in [-0.3, -0.25) is 0 Å². The number of aryl methyl sites for hydroxylation is 1. The Labute approximate surface area is 167 Å². The van der Waals surface area contributed by atoms with Crippen molar-refractivity contribution in [2.75, 3.05) is 41.3 Å². The third-order valence-corrected chi connectivity index (χ3v) is 5.80. The molecule has 0 bridgehead atoms. The van der Waals surface area contributed by atoms with Gasteiger partial charge in [0, 0.05) is 49.7 Å². The molecule has 1 saturated carbocycles. The van der Waals surface area contributed by atoms with E-state index < -0.39 is 0 Å². The van der Waals surface area contributed by atoms with Crippen molar-refractivity contribution in [1.82, 2.24) is 9.97 Å². The maximum absolute atomic E-state index is 13.2. The zero-order chi connectivity index (χ0) is 19.3. The molecule has 2 aliphatic rings. The number of nitrogens with one attached hydrogen (secondary N) is 1. The van der Waals surface area contributed by atoms with Gasteiger partial charge in [0.25, 0.3) is 0 Å². The molecule has 2 fully saturated rings. The fraction of sp³-hybridized carbons (Fsp3) is 0.545. The fourth-order valence-electron chi connectivity index (χ4n) is 4.22. The molecule has 1 aliphatic carbocycles.